The van der Waals surface area contributed by atoms with Gasteiger partial charge in [0.25, 0.3) is 5.56 Å². The molecule has 0 radical (unpaired) electrons. The summed E-state index contributed by atoms with van der Waals surface area (Å²) in [5, 5.41) is 3.62. The number of nitrogens with one attached hydrogen (secondary N) is 1. The molecule has 0 amide bonds. The monoisotopic (exact) mass is 405 g/mol. The van der Waals surface area contributed by atoms with Crippen molar-refractivity contribution in [2.75, 3.05) is 18.0 Å². The van der Waals surface area contributed by atoms with Gasteiger partial charge >= 0.3 is 0 Å². The second-order valence-electron chi connectivity index (χ2n) is 7.92. The van der Waals surface area contributed by atoms with Gasteiger partial charge in [0, 0.05) is 56.6 Å². The number of hydrogen-bond acceptors (Lipinski definition) is 5. The predicted molar refractivity (Wildman–Crippen MR) is 124 cm³/mol. The van der Waals surface area contributed by atoms with E-state index < -0.39 is 0 Å². The zero-order chi connectivity index (χ0) is 21.7. The molecule has 0 spiro atoms. The molecule has 1 saturated heterocycles. The lowest BCUT2D eigenvalue weighted by atomic mass is 10.0. The number of nitrogens with zero attached hydrogens (tertiary/aromatic N) is 4. The fourth-order valence-electron chi connectivity index (χ4n) is 3.59. The Labute approximate surface area is 178 Å². The van der Waals surface area contributed by atoms with E-state index in [-0.39, 0.29) is 23.6 Å². The highest BCUT2D eigenvalue weighted by Crippen LogP contribution is 2.25. The van der Waals surface area contributed by atoms with Gasteiger partial charge in [-0.15, -0.1) is 0 Å². The molecule has 6 nitrogen and oxygen atoms in total. The van der Waals surface area contributed by atoms with Crippen molar-refractivity contribution in [3.8, 4) is 0 Å². The standard InChI is InChI=1S/C24H31N5O/c1-6-12-25-13-11-18(3)21-14-23(30)28(5)24(27-21)29-16-22(26-15-19(29)4)20-9-7-17(2)8-10-20/h6-14,18-19,22,26H,1,15-16H2,2-5H3/b13-11-,25-12?. The third kappa shape index (κ3) is 4.94. The zero-order valence-electron chi connectivity index (χ0n) is 18.2. The Morgan fingerprint density at radius 2 is 2.07 bits per heavy atom. The summed E-state index contributed by atoms with van der Waals surface area (Å²) < 4.78 is 1.64. The number of rotatable bonds is 6. The number of anilines is 1. The quantitative estimate of drug-likeness (QED) is 0.747. The number of piperazine rings is 1. The second-order valence-corrected chi connectivity index (χ2v) is 7.92. The van der Waals surface area contributed by atoms with Crippen LogP contribution in [0.25, 0.3) is 0 Å². The Bertz CT molecular complexity index is 990. The van der Waals surface area contributed by atoms with Gasteiger partial charge in [-0.2, -0.15) is 0 Å². The summed E-state index contributed by atoms with van der Waals surface area (Å²) in [4.78, 5) is 23.9. The predicted octanol–water partition coefficient (Wildman–Crippen LogP) is 3.50. The van der Waals surface area contributed by atoms with Crippen molar-refractivity contribution in [1.29, 1.82) is 0 Å². The smallest absolute Gasteiger partial charge is 0.254 e. The maximum atomic E-state index is 12.7. The molecular formula is C24H31N5O. The van der Waals surface area contributed by atoms with E-state index in [4.69, 9.17) is 4.98 Å². The normalized spacial score (nSPS) is 20.7. The fraction of sp³-hybridized carbons (Fsp3) is 0.375. The first-order valence-electron chi connectivity index (χ1n) is 10.4. The Hall–Kier alpha value is -2.99. The minimum absolute atomic E-state index is 0.0225. The molecule has 3 rings (SSSR count). The molecule has 1 aromatic heterocycles. The lowest BCUT2D eigenvalue weighted by Gasteiger charge is -2.40. The summed E-state index contributed by atoms with van der Waals surface area (Å²) in [7, 11) is 1.79. The zero-order valence-corrected chi connectivity index (χ0v) is 18.2. The van der Waals surface area contributed by atoms with Gasteiger partial charge in [0.05, 0.1) is 5.69 Å². The van der Waals surface area contributed by atoms with Gasteiger partial charge in [-0.05, 0) is 19.4 Å². The van der Waals surface area contributed by atoms with Crippen molar-refractivity contribution in [1.82, 2.24) is 14.9 Å². The molecule has 1 aliphatic rings. The van der Waals surface area contributed by atoms with Crippen LogP contribution in [0.2, 0.25) is 0 Å². The first-order valence-corrected chi connectivity index (χ1v) is 10.4. The molecule has 30 heavy (non-hydrogen) atoms. The van der Waals surface area contributed by atoms with E-state index in [1.165, 1.54) is 11.1 Å². The molecule has 0 saturated carbocycles. The summed E-state index contributed by atoms with van der Waals surface area (Å²) in [6.45, 7) is 11.5. The lowest BCUT2D eigenvalue weighted by molar-refractivity contribution is 0.404. The van der Waals surface area contributed by atoms with Crippen LogP contribution in [0.5, 0.6) is 0 Å². The molecule has 1 aliphatic heterocycles. The summed E-state index contributed by atoms with van der Waals surface area (Å²) in [5.74, 6) is 0.684. The first kappa shape index (κ1) is 21.7. The number of benzene rings is 1. The Balaban J connectivity index is 1.90. The largest absolute Gasteiger partial charge is 0.336 e. The van der Waals surface area contributed by atoms with E-state index in [0.717, 1.165) is 18.8 Å². The van der Waals surface area contributed by atoms with Gasteiger partial charge in [-0.3, -0.25) is 14.4 Å². The lowest BCUT2D eigenvalue weighted by Crippen LogP contribution is -2.53. The van der Waals surface area contributed by atoms with Gasteiger partial charge in [0.2, 0.25) is 5.95 Å². The molecule has 1 fully saturated rings. The average molecular weight is 406 g/mol. The molecule has 2 aromatic rings. The number of aromatic nitrogens is 2. The third-order valence-electron chi connectivity index (χ3n) is 5.56. The number of allylic oxidation sites excluding steroid dienone is 2. The summed E-state index contributed by atoms with van der Waals surface area (Å²) in [6.07, 6.45) is 6.90. The van der Waals surface area contributed by atoms with Crippen molar-refractivity contribution < 1.29 is 0 Å². The van der Waals surface area contributed by atoms with Crippen LogP contribution in [0.3, 0.4) is 0 Å². The number of hydrogen-bond donors (Lipinski definition) is 1. The Kier molecular flexibility index (Phi) is 7.00. The van der Waals surface area contributed by atoms with Gasteiger partial charge < -0.3 is 10.2 Å². The van der Waals surface area contributed by atoms with Crippen molar-refractivity contribution in [3.63, 3.8) is 0 Å². The molecule has 1 aromatic carbocycles. The second kappa shape index (κ2) is 9.67. The van der Waals surface area contributed by atoms with Crippen LogP contribution >= 0.6 is 0 Å². The average Bonchev–Trinajstić information content (AvgIpc) is 2.74. The van der Waals surface area contributed by atoms with Crippen molar-refractivity contribution in [3.05, 3.63) is 82.4 Å². The highest BCUT2D eigenvalue weighted by molar-refractivity contribution is 5.70. The molecule has 0 aliphatic carbocycles. The first-order chi connectivity index (χ1) is 14.4. The third-order valence-corrected chi connectivity index (χ3v) is 5.56. The molecule has 3 atom stereocenters. The molecule has 3 unspecified atom stereocenters. The van der Waals surface area contributed by atoms with Crippen molar-refractivity contribution >= 4 is 12.2 Å². The van der Waals surface area contributed by atoms with E-state index in [2.05, 4.69) is 59.9 Å². The van der Waals surface area contributed by atoms with Crippen molar-refractivity contribution in [2.45, 2.75) is 38.8 Å². The van der Waals surface area contributed by atoms with Crippen LogP contribution in [-0.4, -0.2) is 34.9 Å². The van der Waals surface area contributed by atoms with E-state index in [1.54, 1.807) is 36.2 Å². The van der Waals surface area contributed by atoms with Crippen LogP contribution in [0.15, 0.2) is 65.0 Å². The molecule has 1 N–H and O–H groups in total. The van der Waals surface area contributed by atoms with Crippen LogP contribution < -0.4 is 15.8 Å². The van der Waals surface area contributed by atoms with Gasteiger partial charge in [0.1, 0.15) is 0 Å². The maximum absolute atomic E-state index is 12.7. The van der Waals surface area contributed by atoms with Gasteiger partial charge in [0.15, 0.2) is 0 Å². The van der Waals surface area contributed by atoms with E-state index in [0.29, 0.717) is 5.95 Å². The topological polar surface area (TPSA) is 62.5 Å². The Morgan fingerprint density at radius 3 is 2.77 bits per heavy atom. The fourth-order valence-corrected chi connectivity index (χ4v) is 3.59. The van der Waals surface area contributed by atoms with Crippen LogP contribution in [0.4, 0.5) is 5.95 Å². The van der Waals surface area contributed by atoms with Gasteiger partial charge in [-0.1, -0.05) is 55.5 Å². The highest BCUT2D eigenvalue weighted by Gasteiger charge is 2.29. The summed E-state index contributed by atoms with van der Waals surface area (Å²) in [5.41, 5.74) is 3.18. The van der Waals surface area contributed by atoms with E-state index >= 15 is 0 Å². The maximum Gasteiger partial charge on any atom is 0.254 e. The van der Waals surface area contributed by atoms with Gasteiger partial charge in [-0.25, -0.2) is 4.98 Å². The summed E-state index contributed by atoms with van der Waals surface area (Å²) >= 11 is 0. The molecule has 2 heterocycles. The van der Waals surface area contributed by atoms with Crippen molar-refractivity contribution in [2.24, 2.45) is 12.0 Å². The van der Waals surface area contributed by atoms with Crippen LogP contribution in [-0.2, 0) is 7.05 Å². The SMILES string of the molecule is C=CC=N/C=C\C(C)c1cc(=O)n(C)c(N2CC(c3ccc(C)cc3)NCC2C)n1. The van der Waals surface area contributed by atoms with E-state index in [1.807, 2.05) is 13.0 Å². The number of aliphatic imine (C=N–C) groups is 1. The minimum Gasteiger partial charge on any atom is -0.336 e. The summed E-state index contributed by atoms with van der Waals surface area (Å²) in [6, 6.07) is 10.6. The molecule has 6 heteroatoms. The van der Waals surface area contributed by atoms with E-state index in [9.17, 15) is 4.79 Å². The number of aryl methyl sites for hydroxylation is 1. The van der Waals surface area contributed by atoms with Crippen LogP contribution in [0.1, 0.15) is 42.6 Å². The highest BCUT2D eigenvalue weighted by atomic mass is 16.1. The van der Waals surface area contributed by atoms with Crippen LogP contribution in [0, 0.1) is 6.92 Å². The molecule has 158 valence electrons. The molecular weight excluding hydrogens is 374 g/mol. The minimum atomic E-state index is -0.0533. The molecule has 0 bridgehead atoms. The Morgan fingerprint density at radius 1 is 1.33 bits per heavy atom.